The topological polar surface area (TPSA) is 85.8 Å². The van der Waals surface area contributed by atoms with Gasteiger partial charge in [-0.1, -0.05) is 24.3 Å². The lowest BCUT2D eigenvalue weighted by atomic mass is 10.1. The fourth-order valence-corrected chi connectivity index (χ4v) is 4.48. The molecule has 1 aliphatic heterocycles. The van der Waals surface area contributed by atoms with E-state index >= 15 is 0 Å². The van der Waals surface area contributed by atoms with Gasteiger partial charge in [0.25, 0.3) is 0 Å². The average Bonchev–Trinajstić information content (AvgIpc) is 3.43. The van der Waals surface area contributed by atoms with Gasteiger partial charge in [-0.3, -0.25) is 9.88 Å². The van der Waals surface area contributed by atoms with Gasteiger partial charge in [0.1, 0.15) is 0 Å². The van der Waals surface area contributed by atoms with E-state index in [4.69, 9.17) is 4.98 Å². The van der Waals surface area contributed by atoms with Crippen LogP contribution in [0.5, 0.6) is 0 Å². The molecule has 0 aliphatic carbocycles. The first-order valence-electron chi connectivity index (χ1n) is 11.2. The first kappa shape index (κ1) is 19.9. The van der Waals surface area contributed by atoms with E-state index in [-0.39, 0.29) is 5.69 Å². The molecule has 2 aromatic carbocycles. The van der Waals surface area contributed by atoms with Gasteiger partial charge < -0.3 is 9.88 Å². The number of rotatable bonds is 4. The number of likely N-dealkylation sites (N-methyl/N-ethyl adjacent to an activating group) is 1. The molecule has 0 saturated carbocycles. The third kappa shape index (κ3) is 3.73. The lowest BCUT2D eigenvalue weighted by Crippen LogP contribution is -2.43. The number of benzene rings is 2. The highest BCUT2D eigenvalue weighted by Gasteiger charge is 2.15. The van der Waals surface area contributed by atoms with E-state index in [1.165, 1.54) is 5.56 Å². The quantitative estimate of drug-likeness (QED) is 0.450. The summed E-state index contributed by atoms with van der Waals surface area (Å²) >= 11 is 0. The second-order valence-corrected chi connectivity index (χ2v) is 8.72. The molecule has 0 amide bonds. The van der Waals surface area contributed by atoms with Crippen molar-refractivity contribution in [3.05, 3.63) is 77.0 Å². The van der Waals surface area contributed by atoms with E-state index < -0.39 is 0 Å². The predicted molar refractivity (Wildman–Crippen MR) is 130 cm³/mol. The highest BCUT2D eigenvalue weighted by molar-refractivity contribution is 5.82. The summed E-state index contributed by atoms with van der Waals surface area (Å²) in [5.74, 6) is 0. The van der Waals surface area contributed by atoms with Crippen molar-refractivity contribution in [2.24, 2.45) is 0 Å². The summed E-state index contributed by atoms with van der Waals surface area (Å²) in [6.45, 7) is 5.38. The van der Waals surface area contributed by atoms with E-state index in [0.717, 1.165) is 60.6 Å². The van der Waals surface area contributed by atoms with Gasteiger partial charge in [0.2, 0.25) is 0 Å². The van der Waals surface area contributed by atoms with E-state index in [0.29, 0.717) is 11.3 Å². The third-order valence-corrected chi connectivity index (χ3v) is 6.44. The maximum absolute atomic E-state index is 12.7. The standard InChI is InChI=1S/C25H25N7O/c1-30-10-12-31(13-11-30)16-17-2-4-18(5-3-17)22-15-27-23-24(28-22)32(25(33)29-23)20-6-7-21-19(14-20)8-9-26-21/h2-9,14-15,26H,10-13,16H2,1H3,(H,27,29,33). The molecule has 3 aromatic heterocycles. The van der Waals surface area contributed by atoms with E-state index in [1.54, 1.807) is 10.8 Å². The van der Waals surface area contributed by atoms with Gasteiger partial charge in [0.05, 0.1) is 17.6 Å². The number of aromatic nitrogens is 5. The zero-order chi connectivity index (χ0) is 22.4. The molecule has 0 spiro atoms. The normalized spacial score (nSPS) is 15.5. The number of fused-ring (bicyclic) bond motifs is 2. The number of H-pyrrole nitrogens is 2. The number of piperazine rings is 1. The summed E-state index contributed by atoms with van der Waals surface area (Å²) in [5, 5.41) is 1.04. The van der Waals surface area contributed by atoms with Gasteiger partial charge >= 0.3 is 5.69 Å². The Balaban J connectivity index is 1.32. The minimum absolute atomic E-state index is 0.250. The molecule has 0 radical (unpaired) electrons. The van der Waals surface area contributed by atoms with Gasteiger partial charge in [-0.2, -0.15) is 0 Å². The predicted octanol–water partition coefficient (Wildman–Crippen LogP) is 3.00. The van der Waals surface area contributed by atoms with Crippen LogP contribution in [-0.2, 0) is 6.54 Å². The minimum atomic E-state index is -0.250. The largest absolute Gasteiger partial charge is 0.361 e. The zero-order valence-electron chi connectivity index (χ0n) is 18.5. The SMILES string of the molecule is CN1CCN(Cc2ccc(-c3cnc4[nH]c(=O)n(-c5ccc6[nH]ccc6c5)c4n3)cc2)CC1. The van der Waals surface area contributed by atoms with Crippen molar-refractivity contribution >= 4 is 22.2 Å². The van der Waals surface area contributed by atoms with Crippen molar-refractivity contribution in [2.45, 2.75) is 6.54 Å². The van der Waals surface area contributed by atoms with Crippen molar-refractivity contribution in [3.63, 3.8) is 0 Å². The number of hydrogen-bond donors (Lipinski definition) is 2. The molecular weight excluding hydrogens is 414 g/mol. The molecular formula is C25H25N7O. The van der Waals surface area contributed by atoms with Gasteiger partial charge in [-0.05, 0) is 36.9 Å². The average molecular weight is 440 g/mol. The lowest BCUT2D eigenvalue weighted by Gasteiger charge is -2.32. The summed E-state index contributed by atoms with van der Waals surface area (Å²) in [5.41, 5.74) is 5.54. The van der Waals surface area contributed by atoms with Gasteiger partial charge in [0.15, 0.2) is 11.3 Å². The maximum atomic E-state index is 12.7. The summed E-state index contributed by atoms with van der Waals surface area (Å²) in [6.07, 6.45) is 3.60. The molecule has 1 fully saturated rings. The van der Waals surface area contributed by atoms with Crippen molar-refractivity contribution in [3.8, 4) is 16.9 Å². The second kappa shape index (κ2) is 7.99. The van der Waals surface area contributed by atoms with Crippen LogP contribution < -0.4 is 5.69 Å². The highest BCUT2D eigenvalue weighted by atomic mass is 16.1. The van der Waals surface area contributed by atoms with E-state index in [1.807, 2.05) is 30.5 Å². The summed E-state index contributed by atoms with van der Waals surface area (Å²) in [4.78, 5) is 32.9. The maximum Gasteiger partial charge on any atom is 0.333 e. The second-order valence-electron chi connectivity index (χ2n) is 8.72. The summed E-state index contributed by atoms with van der Waals surface area (Å²) in [7, 11) is 2.17. The molecule has 33 heavy (non-hydrogen) atoms. The van der Waals surface area contributed by atoms with Gasteiger partial charge in [0, 0.05) is 55.4 Å². The van der Waals surface area contributed by atoms with Crippen LogP contribution in [0.4, 0.5) is 0 Å². The molecule has 8 nitrogen and oxygen atoms in total. The first-order chi connectivity index (χ1) is 16.1. The van der Waals surface area contributed by atoms with Crippen molar-refractivity contribution in [2.75, 3.05) is 33.2 Å². The molecule has 166 valence electrons. The summed E-state index contributed by atoms with van der Waals surface area (Å²) in [6, 6.07) is 16.3. The summed E-state index contributed by atoms with van der Waals surface area (Å²) < 4.78 is 1.58. The Morgan fingerprint density at radius 1 is 1.00 bits per heavy atom. The minimum Gasteiger partial charge on any atom is -0.361 e. The van der Waals surface area contributed by atoms with Crippen molar-refractivity contribution < 1.29 is 0 Å². The molecule has 0 bridgehead atoms. The van der Waals surface area contributed by atoms with Crippen LogP contribution in [0.15, 0.2) is 65.7 Å². The number of nitrogens with zero attached hydrogens (tertiary/aromatic N) is 5. The molecule has 1 saturated heterocycles. The van der Waals surface area contributed by atoms with Gasteiger partial charge in [-0.15, -0.1) is 0 Å². The van der Waals surface area contributed by atoms with Gasteiger partial charge in [-0.25, -0.2) is 19.3 Å². The fraction of sp³-hybridized carbons (Fsp3) is 0.240. The van der Waals surface area contributed by atoms with Crippen LogP contribution in [0.1, 0.15) is 5.56 Å². The molecule has 4 heterocycles. The molecule has 6 rings (SSSR count). The molecule has 0 atom stereocenters. The van der Waals surface area contributed by atoms with Crippen LogP contribution in [0.25, 0.3) is 39.1 Å². The lowest BCUT2D eigenvalue weighted by molar-refractivity contribution is 0.148. The smallest absolute Gasteiger partial charge is 0.333 e. The Labute approximate surface area is 190 Å². The van der Waals surface area contributed by atoms with Crippen molar-refractivity contribution in [1.82, 2.24) is 34.3 Å². The van der Waals surface area contributed by atoms with E-state index in [9.17, 15) is 4.79 Å². The van der Waals surface area contributed by atoms with Crippen LogP contribution in [0.3, 0.4) is 0 Å². The highest BCUT2D eigenvalue weighted by Crippen LogP contribution is 2.22. The number of hydrogen-bond acceptors (Lipinski definition) is 5. The number of imidazole rings is 1. The Morgan fingerprint density at radius 2 is 1.82 bits per heavy atom. The Morgan fingerprint density at radius 3 is 2.64 bits per heavy atom. The van der Waals surface area contributed by atoms with E-state index in [2.05, 4.69) is 56.1 Å². The monoisotopic (exact) mass is 439 g/mol. The van der Waals surface area contributed by atoms with Crippen LogP contribution in [0.2, 0.25) is 0 Å². The molecule has 8 heteroatoms. The Bertz CT molecular complexity index is 1490. The zero-order valence-corrected chi connectivity index (χ0v) is 18.5. The Hall–Kier alpha value is -3.75. The van der Waals surface area contributed by atoms with Crippen LogP contribution in [0, 0.1) is 0 Å². The number of aromatic amines is 2. The first-order valence-corrected chi connectivity index (χ1v) is 11.2. The fourth-order valence-electron chi connectivity index (χ4n) is 4.48. The molecule has 2 N–H and O–H groups in total. The third-order valence-electron chi connectivity index (χ3n) is 6.44. The Kier molecular flexibility index (Phi) is 4.82. The molecule has 5 aromatic rings. The molecule has 1 aliphatic rings. The van der Waals surface area contributed by atoms with Crippen LogP contribution >= 0.6 is 0 Å². The number of nitrogens with one attached hydrogen (secondary N) is 2. The van der Waals surface area contributed by atoms with Crippen LogP contribution in [-0.4, -0.2) is 67.5 Å². The molecule has 0 unspecified atom stereocenters. The van der Waals surface area contributed by atoms with Crippen molar-refractivity contribution in [1.29, 1.82) is 0 Å².